The molecule has 1 aromatic rings. The summed E-state index contributed by atoms with van der Waals surface area (Å²) in [5, 5.41) is 0. The molecule has 110 valence electrons. The minimum absolute atomic E-state index is 0.0596. The first-order chi connectivity index (χ1) is 9.61. The van der Waals surface area contributed by atoms with Crippen LogP contribution < -0.4 is 5.73 Å². The van der Waals surface area contributed by atoms with Gasteiger partial charge in [0.1, 0.15) is 11.6 Å². The summed E-state index contributed by atoms with van der Waals surface area (Å²) in [4.78, 5) is 2.42. The van der Waals surface area contributed by atoms with E-state index in [1.54, 1.807) is 0 Å². The average molecular weight is 282 g/mol. The van der Waals surface area contributed by atoms with Gasteiger partial charge in [-0.1, -0.05) is 0 Å². The fraction of sp³-hybridized carbons (Fsp3) is 0.600. The minimum Gasteiger partial charge on any atom is -0.374 e. The summed E-state index contributed by atoms with van der Waals surface area (Å²) >= 11 is 0. The number of ether oxygens (including phenoxy) is 1. The maximum Gasteiger partial charge on any atom is 0.126 e. The van der Waals surface area contributed by atoms with Crippen LogP contribution >= 0.6 is 0 Å². The van der Waals surface area contributed by atoms with Crippen LogP contribution in [0.5, 0.6) is 0 Å². The third-order valence-electron chi connectivity index (χ3n) is 4.29. The molecule has 3 rings (SSSR count). The molecule has 0 spiro atoms. The Labute approximate surface area is 117 Å². The second-order valence-electron chi connectivity index (χ2n) is 5.81. The highest BCUT2D eigenvalue weighted by Crippen LogP contribution is 2.24. The van der Waals surface area contributed by atoms with Gasteiger partial charge in [0, 0.05) is 24.7 Å². The van der Waals surface area contributed by atoms with Crippen LogP contribution in [0.4, 0.5) is 8.78 Å². The number of hydrogen-bond donors (Lipinski definition) is 1. The van der Waals surface area contributed by atoms with E-state index in [9.17, 15) is 8.78 Å². The monoisotopic (exact) mass is 282 g/mol. The number of morpholine rings is 1. The van der Waals surface area contributed by atoms with Crippen LogP contribution in [0, 0.1) is 11.6 Å². The summed E-state index contributed by atoms with van der Waals surface area (Å²) < 4.78 is 32.2. The van der Waals surface area contributed by atoms with E-state index in [-0.39, 0.29) is 12.1 Å². The maximum absolute atomic E-state index is 13.2. The second kappa shape index (κ2) is 5.76. The molecule has 2 heterocycles. The van der Waals surface area contributed by atoms with Crippen molar-refractivity contribution in [3.05, 3.63) is 35.4 Å². The van der Waals surface area contributed by atoms with Crippen LogP contribution in [0.25, 0.3) is 0 Å². The number of benzene rings is 1. The van der Waals surface area contributed by atoms with Gasteiger partial charge in [0.15, 0.2) is 0 Å². The molecule has 3 atom stereocenters. The van der Waals surface area contributed by atoms with Crippen LogP contribution in [0.1, 0.15) is 18.4 Å². The van der Waals surface area contributed by atoms with Gasteiger partial charge in [0.2, 0.25) is 0 Å². The van der Waals surface area contributed by atoms with Gasteiger partial charge in [-0.2, -0.15) is 0 Å². The van der Waals surface area contributed by atoms with Gasteiger partial charge in [-0.3, -0.25) is 4.90 Å². The molecule has 2 fully saturated rings. The summed E-state index contributed by atoms with van der Waals surface area (Å²) in [7, 11) is 0. The summed E-state index contributed by atoms with van der Waals surface area (Å²) in [5.41, 5.74) is 6.75. The van der Waals surface area contributed by atoms with Crippen molar-refractivity contribution in [2.75, 3.05) is 19.7 Å². The quantitative estimate of drug-likeness (QED) is 0.917. The molecule has 0 amide bonds. The standard InChI is InChI=1S/C15H20F2N2O/c16-11-4-10(5-12(17)7-11)6-14(18)15-8-19-3-1-2-13(19)9-20-15/h4-5,7,13-15H,1-3,6,8-9,18H2. The molecule has 2 aliphatic heterocycles. The summed E-state index contributed by atoms with van der Waals surface area (Å²) in [6.45, 7) is 2.64. The van der Waals surface area contributed by atoms with Gasteiger partial charge < -0.3 is 10.5 Å². The lowest BCUT2D eigenvalue weighted by atomic mass is 10.00. The smallest absolute Gasteiger partial charge is 0.126 e. The second-order valence-corrected chi connectivity index (χ2v) is 5.81. The molecule has 2 saturated heterocycles. The molecule has 3 unspecified atom stereocenters. The number of nitrogens with two attached hydrogens (primary N) is 1. The van der Waals surface area contributed by atoms with Gasteiger partial charge in [-0.15, -0.1) is 0 Å². The number of fused-ring (bicyclic) bond motifs is 1. The molecule has 3 nitrogen and oxygen atoms in total. The van der Waals surface area contributed by atoms with E-state index in [4.69, 9.17) is 10.5 Å². The predicted octanol–water partition coefficient (Wildman–Crippen LogP) is 1.70. The Balaban J connectivity index is 1.62. The van der Waals surface area contributed by atoms with Crippen LogP contribution in [-0.2, 0) is 11.2 Å². The molecule has 0 radical (unpaired) electrons. The Hall–Kier alpha value is -1.04. The van der Waals surface area contributed by atoms with E-state index in [1.807, 2.05) is 0 Å². The molecule has 0 aromatic heterocycles. The van der Waals surface area contributed by atoms with Gasteiger partial charge in [0.25, 0.3) is 0 Å². The lowest BCUT2D eigenvalue weighted by Crippen LogP contribution is -2.53. The maximum atomic E-state index is 13.2. The average Bonchev–Trinajstić information content (AvgIpc) is 2.84. The largest absolute Gasteiger partial charge is 0.374 e. The van der Waals surface area contributed by atoms with E-state index >= 15 is 0 Å². The van der Waals surface area contributed by atoms with Gasteiger partial charge in [0.05, 0.1) is 12.7 Å². The Bertz CT molecular complexity index is 463. The summed E-state index contributed by atoms with van der Waals surface area (Å²) in [6.07, 6.45) is 2.77. The lowest BCUT2D eigenvalue weighted by Gasteiger charge is -2.37. The zero-order valence-corrected chi connectivity index (χ0v) is 11.4. The number of hydrogen-bond acceptors (Lipinski definition) is 3. The Morgan fingerprint density at radius 3 is 2.80 bits per heavy atom. The van der Waals surface area contributed by atoms with Gasteiger partial charge in [-0.25, -0.2) is 8.78 Å². The SMILES string of the molecule is NC(Cc1cc(F)cc(F)c1)C1CN2CCCC2CO1. The van der Waals surface area contributed by atoms with Crippen LogP contribution in [-0.4, -0.2) is 42.8 Å². The molecule has 5 heteroatoms. The Morgan fingerprint density at radius 2 is 2.05 bits per heavy atom. The Morgan fingerprint density at radius 1 is 1.30 bits per heavy atom. The first-order valence-electron chi connectivity index (χ1n) is 7.18. The molecule has 0 aliphatic carbocycles. The summed E-state index contributed by atoms with van der Waals surface area (Å²) in [5.74, 6) is -1.12. The van der Waals surface area contributed by atoms with Crippen LogP contribution in [0.2, 0.25) is 0 Å². The van der Waals surface area contributed by atoms with Crippen molar-refractivity contribution >= 4 is 0 Å². The number of rotatable bonds is 3. The topological polar surface area (TPSA) is 38.5 Å². The van der Waals surface area contributed by atoms with E-state index in [0.29, 0.717) is 18.0 Å². The zero-order valence-electron chi connectivity index (χ0n) is 11.4. The zero-order chi connectivity index (χ0) is 14.1. The molecular formula is C15H20F2N2O. The molecular weight excluding hydrogens is 262 g/mol. The van der Waals surface area contributed by atoms with E-state index < -0.39 is 11.6 Å². The minimum atomic E-state index is -0.559. The van der Waals surface area contributed by atoms with E-state index in [0.717, 1.165) is 25.8 Å². The van der Waals surface area contributed by atoms with Crippen LogP contribution in [0.3, 0.4) is 0 Å². The van der Waals surface area contributed by atoms with Gasteiger partial charge >= 0.3 is 0 Å². The molecule has 20 heavy (non-hydrogen) atoms. The highest BCUT2D eigenvalue weighted by molar-refractivity contribution is 5.19. The highest BCUT2D eigenvalue weighted by atomic mass is 19.1. The molecule has 1 aromatic carbocycles. The fourth-order valence-electron chi connectivity index (χ4n) is 3.23. The highest BCUT2D eigenvalue weighted by Gasteiger charge is 2.34. The van der Waals surface area contributed by atoms with Crippen molar-refractivity contribution in [1.82, 2.24) is 4.90 Å². The summed E-state index contributed by atoms with van der Waals surface area (Å²) in [6, 6.07) is 3.85. The number of halogens is 2. The Kier molecular flexibility index (Phi) is 4.01. The van der Waals surface area contributed by atoms with Crippen molar-refractivity contribution in [2.45, 2.75) is 37.5 Å². The molecule has 0 bridgehead atoms. The van der Waals surface area contributed by atoms with Crippen molar-refractivity contribution < 1.29 is 13.5 Å². The van der Waals surface area contributed by atoms with Crippen molar-refractivity contribution in [1.29, 1.82) is 0 Å². The van der Waals surface area contributed by atoms with Crippen molar-refractivity contribution in [3.8, 4) is 0 Å². The third-order valence-corrected chi connectivity index (χ3v) is 4.29. The van der Waals surface area contributed by atoms with Crippen molar-refractivity contribution in [2.24, 2.45) is 5.73 Å². The molecule has 2 N–H and O–H groups in total. The van der Waals surface area contributed by atoms with Crippen molar-refractivity contribution in [3.63, 3.8) is 0 Å². The van der Waals surface area contributed by atoms with E-state index in [2.05, 4.69) is 4.90 Å². The lowest BCUT2D eigenvalue weighted by molar-refractivity contribution is -0.0589. The van der Waals surface area contributed by atoms with Crippen LogP contribution in [0.15, 0.2) is 18.2 Å². The number of nitrogens with zero attached hydrogens (tertiary/aromatic N) is 1. The van der Waals surface area contributed by atoms with E-state index in [1.165, 1.54) is 25.0 Å². The molecule has 2 aliphatic rings. The van der Waals surface area contributed by atoms with Gasteiger partial charge in [-0.05, 0) is 43.5 Å². The molecule has 0 saturated carbocycles. The first kappa shape index (κ1) is 13.9. The normalized spacial score (nSPS) is 28.4. The first-order valence-corrected chi connectivity index (χ1v) is 7.18. The predicted molar refractivity (Wildman–Crippen MR) is 72.4 cm³/mol. The fourth-order valence-corrected chi connectivity index (χ4v) is 3.23. The third kappa shape index (κ3) is 3.00.